The fourth-order valence-electron chi connectivity index (χ4n) is 4.24. The number of carboxylic acid groups (broad SMARTS) is 1. The first-order chi connectivity index (χ1) is 12.9. The lowest BCUT2D eigenvalue weighted by molar-refractivity contribution is -0.139. The van der Waals surface area contributed by atoms with Crippen molar-refractivity contribution >= 4 is 17.7 Å². The summed E-state index contributed by atoms with van der Waals surface area (Å²) in [7, 11) is 4.20. The lowest BCUT2D eigenvalue weighted by atomic mass is 9.85. The number of benzene rings is 1. The van der Waals surface area contributed by atoms with E-state index in [1.165, 1.54) is 11.1 Å². The van der Waals surface area contributed by atoms with Crippen LogP contribution in [0.15, 0.2) is 18.2 Å². The number of amides is 2. The van der Waals surface area contributed by atoms with E-state index in [1.54, 1.807) is 0 Å². The molecular weight excluding hydrogens is 344 g/mol. The van der Waals surface area contributed by atoms with Crippen LogP contribution in [0.2, 0.25) is 0 Å². The molecule has 7 heteroatoms. The van der Waals surface area contributed by atoms with Gasteiger partial charge in [-0.3, -0.25) is 9.69 Å². The van der Waals surface area contributed by atoms with Crippen molar-refractivity contribution in [1.29, 1.82) is 0 Å². The number of aryl methyl sites for hydroxylation is 1. The Morgan fingerprint density at radius 3 is 2.63 bits per heavy atom. The van der Waals surface area contributed by atoms with Gasteiger partial charge in [0, 0.05) is 23.8 Å². The maximum absolute atomic E-state index is 12.3. The third-order valence-electron chi connectivity index (χ3n) is 5.78. The van der Waals surface area contributed by atoms with Crippen LogP contribution >= 0.6 is 0 Å². The molecule has 3 N–H and O–H groups in total. The number of anilines is 1. The van der Waals surface area contributed by atoms with Crippen LogP contribution in [0.25, 0.3) is 0 Å². The van der Waals surface area contributed by atoms with Crippen LogP contribution in [0.5, 0.6) is 0 Å². The van der Waals surface area contributed by atoms with Crippen molar-refractivity contribution in [2.24, 2.45) is 0 Å². The summed E-state index contributed by atoms with van der Waals surface area (Å²) in [5.41, 5.74) is 3.48. The fraction of sp³-hybridized carbons (Fsp3) is 0.600. The number of likely N-dealkylation sites (N-methyl/N-ethyl adjacent to an activating group) is 1. The van der Waals surface area contributed by atoms with Crippen LogP contribution in [0.1, 0.15) is 43.4 Å². The molecule has 1 aromatic carbocycles. The minimum absolute atomic E-state index is 0.0587. The molecule has 1 saturated carbocycles. The number of rotatable bonds is 7. The second-order valence-corrected chi connectivity index (χ2v) is 7.81. The standard InChI is InChI=1S/C20H30N4O3/c1-4-24(12-19(25)26)16-10-15(11-16)22-20(27)21-14-6-7-17-13(9-14)5-8-18(17)23(2)3/h6-7,9,15-16,18H,4-5,8,10-12H2,1-3H3,(H,25,26)(H2,21,22,27). The van der Waals surface area contributed by atoms with Crippen LogP contribution in [0.4, 0.5) is 10.5 Å². The Bertz CT molecular complexity index is 700. The van der Waals surface area contributed by atoms with E-state index < -0.39 is 5.97 Å². The molecule has 0 aromatic heterocycles. The van der Waals surface area contributed by atoms with Crippen molar-refractivity contribution in [1.82, 2.24) is 15.1 Å². The quantitative estimate of drug-likeness (QED) is 0.682. The summed E-state index contributed by atoms with van der Waals surface area (Å²) in [6.45, 7) is 2.73. The van der Waals surface area contributed by atoms with E-state index in [9.17, 15) is 9.59 Å². The first kappa shape index (κ1) is 19.6. The van der Waals surface area contributed by atoms with Crippen molar-refractivity contribution in [2.75, 3.05) is 32.5 Å². The zero-order valence-electron chi connectivity index (χ0n) is 16.4. The number of nitrogens with zero attached hydrogens (tertiary/aromatic N) is 2. The Hall–Kier alpha value is -2.12. The highest BCUT2D eigenvalue weighted by Gasteiger charge is 2.34. The molecule has 1 aromatic rings. The summed E-state index contributed by atoms with van der Waals surface area (Å²) < 4.78 is 0. The highest BCUT2D eigenvalue weighted by molar-refractivity contribution is 5.89. The monoisotopic (exact) mass is 374 g/mol. The van der Waals surface area contributed by atoms with Gasteiger partial charge in [0.15, 0.2) is 0 Å². The second kappa shape index (κ2) is 8.27. The number of carbonyl (C=O) groups excluding carboxylic acids is 1. The van der Waals surface area contributed by atoms with Crippen molar-refractivity contribution in [3.8, 4) is 0 Å². The Morgan fingerprint density at radius 2 is 2.00 bits per heavy atom. The molecule has 2 aliphatic carbocycles. The maximum Gasteiger partial charge on any atom is 0.319 e. The average molecular weight is 374 g/mol. The Balaban J connectivity index is 1.48. The van der Waals surface area contributed by atoms with E-state index in [0.29, 0.717) is 12.6 Å². The minimum Gasteiger partial charge on any atom is -0.480 e. The second-order valence-electron chi connectivity index (χ2n) is 7.81. The number of nitrogens with one attached hydrogen (secondary N) is 2. The first-order valence-corrected chi connectivity index (χ1v) is 9.70. The number of hydrogen-bond donors (Lipinski definition) is 3. The molecule has 0 aliphatic heterocycles. The van der Waals surface area contributed by atoms with Gasteiger partial charge >= 0.3 is 12.0 Å². The van der Waals surface area contributed by atoms with Crippen molar-refractivity contribution in [3.63, 3.8) is 0 Å². The maximum atomic E-state index is 12.3. The van der Waals surface area contributed by atoms with Crippen molar-refractivity contribution < 1.29 is 14.7 Å². The summed E-state index contributed by atoms with van der Waals surface area (Å²) in [5, 5.41) is 14.9. The third kappa shape index (κ3) is 4.59. The predicted molar refractivity (Wildman–Crippen MR) is 105 cm³/mol. The Morgan fingerprint density at radius 1 is 1.26 bits per heavy atom. The van der Waals surface area contributed by atoms with Gasteiger partial charge in [-0.05, 0) is 69.6 Å². The predicted octanol–water partition coefficient (Wildman–Crippen LogP) is 2.29. The zero-order chi connectivity index (χ0) is 19.6. The zero-order valence-corrected chi connectivity index (χ0v) is 16.4. The highest BCUT2D eigenvalue weighted by atomic mass is 16.4. The molecule has 1 atom stereocenters. The first-order valence-electron chi connectivity index (χ1n) is 9.70. The normalized spacial score (nSPS) is 23.8. The largest absolute Gasteiger partial charge is 0.480 e. The van der Waals surface area contributed by atoms with Gasteiger partial charge in [-0.25, -0.2) is 4.79 Å². The van der Waals surface area contributed by atoms with Gasteiger partial charge in [0.05, 0.1) is 6.54 Å². The van der Waals surface area contributed by atoms with Gasteiger partial charge < -0.3 is 20.6 Å². The van der Waals surface area contributed by atoms with Crippen LogP contribution in [0, 0.1) is 0 Å². The molecule has 3 rings (SSSR count). The van der Waals surface area contributed by atoms with Gasteiger partial charge in [-0.2, -0.15) is 0 Å². The lowest BCUT2D eigenvalue weighted by Crippen LogP contribution is -2.55. The van der Waals surface area contributed by atoms with E-state index in [-0.39, 0.29) is 24.7 Å². The molecular formula is C20H30N4O3. The molecule has 0 radical (unpaired) electrons. The lowest BCUT2D eigenvalue weighted by Gasteiger charge is -2.42. The summed E-state index contributed by atoms with van der Waals surface area (Å²) in [4.78, 5) is 27.3. The molecule has 7 nitrogen and oxygen atoms in total. The number of hydrogen-bond acceptors (Lipinski definition) is 4. The average Bonchev–Trinajstić information content (AvgIpc) is 2.99. The van der Waals surface area contributed by atoms with Gasteiger partial charge in [-0.15, -0.1) is 0 Å². The van der Waals surface area contributed by atoms with E-state index in [4.69, 9.17) is 5.11 Å². The van der Waals surface area contributed by atoms with Crippen LogP contribution in [0.3, 0.4) is 0 Å². The molecule has 0 heterocycles. The van der Waals surface area contributed by atoms with E-state index in [1.807, 2.05) is 17.9 Å². The number of carbonyl (C=O) groups is 2. The fourth-order valence-corrected chi connectivity index (χ4v) is 4.24. The van der Waals surface area contributed by atoms with Crippen molar-refractivity contribution in [3.05, 3.63) is 29.3 Å². The minimum atomic E-state index is -0.806. The molecule has 27 heavy (non-hydrogen) atoms. The third-order valence-corrected chi connectivity index (χ3v) is 5.78. The van der Waals surface area contributed by atoms with E-state index in [2.05, 4.69) is 41.8 Å². The number of urea groups is 1. The number of fused-ring (bicyclic) bond motifs is 1. The number of carboxylic acids is 1. The van der Waals surface area contributed by atoms with Crippen molar-refractivity contribution in [2.45, 2.75) is 50.7 Å². The summed E-state index contributed by atoms with van der Waals surface area (Å²) in [6, 6.07) is 6.77. The molecule has 0 spiro atoms. The van der Waals surface area contributed by atoms with Crippen LogP contribution in [-0.4, -0.2) is 66.2 Å². The molecule has 0 bridgehead atoms. The van der Waals surface area contributed by atoms with Gasteiger partial charge in [0.1, 0.15) is 0 Å². The topological polar surface area (TPSA) is 84.9 Å². The molecule has 0 saturated heterocycles. The number of aliphatic carboxylic acids is 1. The van der Waals surface area contributed by atoms with E-state index >= 15 is 0 Å². The molecule has 2 amide bonds. The van der Waals surface area contributed by atoms with E-state index in [0.717, 1.165) is 31.4 Å². The summed E-state index contributed by atoms with van der Waals surface area (Å²) in [5.74, 6) is -0.806. The molecule has 148 valence electrons. The molecule has 1 unspecified atom stereocenters. The van der Waals surface area contributed by atoms with Crippen LogP contribution < -0.4 is 10.6 Å². The smallest absolute Gasteiger partial charge is 0.319 e. The Kier molecular flexibility index (Phi) is 6.01. The molecule has 2 aliphatic rings. The summed E-state index contributed by atoms with van der Waals surface area (Å²) in [6.07, 6.45) is 3.74. The molecule has 1 fully saturated rings. The SMILES string of the molecule is CCN(CC(=O)O)C1CC(NC(=O)Nc2ccc3c(c2)CCC3N(C)C)C1. The van der Waals surface area contributed by atoms with Gasteiger partial charge in [-0.1, -0.05) is 13.0 Å². The highest BCUT2D eigenvalue weighted by Crippen LogP contribution is 2.35. The Labute approximate surface area is 160 Å². The van der Waals surface area contributed by atoms with Gasteiger partial charge in [0.2, 0.25) is 0 Å². The van der Waals surface area contributed by atoms with Crippen LogP contribution in [-0.2, 0) is 11.2 Å². The summed E-state index contributed by atoms with van der Waals surface area (Å²) >= 11 is 0. The van der Waals surface area contributed by atoms with Gasteiger partial charge in [0.25, 0.3) is 0 Å².